The van der Waals surface area contributed by atoms with Crippen LogP contribution in [0.2, 0.25) is 5.02 Å². The van der Waals surface area contributed by atoms with Gasteiger partial charge < -0.3 is 5.73 Å². The maximum atomic E-state index is 6.05. The highest BCUT2D eigenvalue weighted by Crippen LogP contribution is 2.34. The van der Waals surface area contributed by atoms with Crippen LogP contribution in [0.3, 0.4) is 0 Å². The van der Waals surface area contributed by atoms with E-state index >= 15 is 0 Å². The lowest BCUT2D eigenvalue weighted by Gasteiger charge is -2.15. The Balaban J connectivity index is 2.69. The van der Waals surface area contributed by atoms with E-state index in [-0.39, 0.29) is 5.54 Å². The maximum Gasteiger partial charge on any atom is 0.0828 e. The second kappa shape index (κ2) is 3.19. The maximum absolute atomic E-state index is 6.05. The molecule has 2 nitrogen and oxygen atoms in total. The molecule has 2 heterocycles. The highest BCUT2D eigenvalue weighted by atomic mass is 35.5. The number of hydrogen-bond acceptors (Lipinski definition) is 3. The molecule has 0 spiro atoms. The molecule has 0 amide bonds. The van der Waals surface area contributed by atoms with Gasteiger partial charge in [0.25, 0.3) is 0 Å². The van der Waals surface area contributed by atoms with E-state index in [1.165, 1.54) is 0 Å². The normalized spacial score (nSPS) is 12.3. The van der Waals surface area contributed by atoms with Gasteiger partial charge in [-0.2, -0.15) is 0 Å². The Morgan fingerprint density at radius 2 is 2.21 bits per heavy atom. The summed E-state index contributed by atoms with van der Waals surface area (Å²) in [5, 5.41) is 0.746. The molecule has 2 aromatic rings. The third-order valence-electron chi connectivity index (χ3n) is 2.00. The largest absolute Gasteiger partial charge is 0.321 e. The molecule has 0 unspecified atom stereocenters. The first kappa shape index (κ1) is 9.90. The van der Waals surface area contributed by atoms with Crippen molar-refractivity contribution < 1.29 is 0 Å². The van der Waals surface area contributed by atoms with E-state index < -0.39 is 0 Å². The summed E-state index contributed by atoms with van der Waals surface area (Å²) >= 11 is 7.66. The van der Waals surface area contributed by atoms with Gasteiger partial charge in [-0.3, -0.25) is 4.98 Å². The van der Waals surface area contributed by atoms with Gasteiger partial charge in [0, 0.05) is 16.6 Å². The molecule has 2 rings (SSSR count). The minimum atomic E-state index is -0.325. The van der Waals surface area contributed by atoms with Crippen LogP contribution in [-0.2, 0) is 5.54 Å². The van der Waals surface area contributed by atoms with Gasteiger partial charge in [0.1, 0.15) is 0 Å². The third kappa shape index (κ3) is 1.63. The number of thiophene rings is 1. The number of pyridine rings is 1. The first-order chi connectivity index (χ1) is 6.48. The fraction of sp³-hybridized carbons (Fsp3) is 0.300. The molecule has 0 radical (unpaired) electrons. The zero-order valence-corrected chi connectivity index (χ0v) is 9.62. The molecule has 2 N–H and O–H groups in total. The summed E-state index contributed by atoms with van der Waals surface area (Å²) in [6.45, 7) is 3.96. The molecular formula is C10H11ClN2S. The molecule has 0 atom stereocenters. The molecule has 0 saturated heterocycles. The Labute approximate surface area is 91.7 Å². The molecule has 2 aromatic heterocycles. The average molecular weight is 227 g/mol. The average Bonchev–Trinajstić information content (AvgIpc) is 2.48. The Kier molecular flexibility index (Phi) is 2.26. The van der Waals surface area contributed by atoms with E-state index in [0.29, 0.717) is 0 Å². The molecule has 0 fully saturated rings. The summed E-state index contributed by atoms with van der Waals surface area (Å²) in [5.41, 5.74) is 6.61. The van der Waals surface area contributed by atoms with Crippen molar-refractivity contribution in [1.29, 1.82) is 0 Å². The first-order valence-corrected chi connectivity index (χ1v) is 5.51. The van der Waals surface area contributed by atoms with Gasteiger partial charge >= 0.3 is 0 Å². The van der Waals surface area contributed by atoms with Gasteiger partial charge in [0.2, 0.25) is 0 Å². The minimum absolute atomic E-state index is 0.325. The Morgan fingerprint density at radius 1 is 1.50 bits per heavy atom. The second-order valence-electron chi connectivity index (χ2n) is 3.84. The Morgan fingerprint density at radius 3 is 2.79 bits per heavy atom. The van der Waals surface area contributed by atoms with Gasteiger partial charge in [0.15, 0.2) is 0 Å². The molecule has 74 valence electrons. The minimum Gasteiger partial charge on any atom is -0.321 e. The van der Waals surface area contributed by atoms with Crippen molar-refractivity contribution in [2.45, 2.75) is 19.4 Å². The van der Waals surface area contributed by atoms with Crippen molar-refractivity contribution in [2.75, 3.05) is 0 Å². The van der Waals surface area contributed by atoms with E-state index in [1.807, 2.05) is 19.9 Å². The quantitative estimate of drug-likeness (QED) is 0.812. The number of nitrogens with two attached hydrogens (primary N) is 1. The van der Waals surface area contributed by atoms with Gasteiger partial charge in [-0.25, -0.2) is 0 Å². The predicted molar refractivity (Wildman–Crippen MR) is 61.8 cm³/mol. The monoisotopic (exact) mass is 226 g/mol. The summed E-state index contributed by atoms with van der Waals surface area (Å²) in [4.78, 5) is 5.35. The van der Waals surface area contributed by atoms with Crippen LogP contribution in [0.5, 0.6) is 0 Å². The fourth-order valence-corrected chi connectivity index (χ4v) is 2.53. The Bertz CT molecular complexity index is 470. The number of rotatable bonds is 1. The highest BCUT2D eigenvalue weighted by Gasteiger charge is 2.18. The predicted octanol–water partition coefficient (Wildman–Crippen LogP) is 3.14. The molecule has 0 aliphatic carbocycles. The van der Waals surface area contributed by atoms with Crippen LogP contribution in [0.25, 0.3) is 10.2 Å². The number of halogens is 1. The molecule has 14 heavy (non-hydrogen) atoms. The standard InChI is InChI=1S/C10H11ClN2S/c1-10(2,12)8-5-7-9(14-8)6(11)3-4-13-7/h3-5H,12H2,1-2H3. The molecule has 0 bridgehead atoms. The Hall–Kier alpha value is -0.640. The molecular weight excluding hydrogens is 216 g/mol. The van der Waals surface area contributed by atoms with Crippen LogP contribution >= 0.6 is 22.9 Å². The van der Waals surface area contributed by atoms with E-state index in [1.54, 1.807) is 23.6 Å². The van der Waals surface area contributed by atoms with E-state index in [0.717, 1.165) is 20.1 Å². The molecule has 0 saturated carbocycles. The number of hydrogen-bond donors (Lipinski definition) is 1. The van der Waals surface area contributed by atoms with Gasteiger partial charge in [-0.05, 0) is 26.0 Å². The van der Waals surface area contributed by atoms with Gasteiger partial charge in [-0.1, -0.05) is 11.6 Å². The zero-order valence-electron chi connectivity index (χ0n) is 8.04. The number of nitrogens with zero attached hydrogens (tertiary/aromatic N) is 1. The van der Waals surface area contributed by atoms with Crippen LogP contribution < -0.4 is 5.73 Å². The van der Waals surface area contributed by atoms with Crippen molar-refractivity contribution in [3.05, 3.63) is 28.2 Å². The van der Waals surface area contributed by atoms with Crippen molar-refractivity contribution in [3.63, 3.8) is 0 Å². The summed E-state index contributed by atoms with van der Waals surface area (Å²) in [6.07, 6.45) is 1.71. The highest BCUT2D eigenvalue weighted by molar-refractivity contribution is 7.19. The lowest BCUT2D eigenvalue weighted by atomic mass is 10.1. The van der Waals surface area contributed by atoms with E-state index in [2.05, 4.69) is 4.98 Å². The summed E-state index contributed by atoms with van der Waals surface area (Å²) in [5.74, 6) is 0. The van der Waals surface area contributed by atoms with Crippen molar-refractivity contribution >= 4 is 33.2 Å². The number of aromatic nitrogens is 1. The number of fused-ring (bicyclic) bond motifs is 1. The van der Waals surface area contributed by atoms with Crippen LogP contribution in [0.4, 0.5) is 0 Å². The molecule has 0 aliphatic heterocycles. The zero-order chi connectivity index (χ0) is 10.3. The molecule has 0 aromatic carbocycles. The van der Waals surface area contributed by atoms with Crippen LogP contribution in [0.15, 0.2) is 18.3 Å². The molecule has 4 heteroatoms. The third-order valence-corrected chi connectivity index (χ3v) is 3.92. The van der Waals surface area contributed by atoms with Crippen molar-refractivity contribution in [2.24, 2.45) is 5.73 Å². The SMILES string of the molecule is CC(C)(N)c1cc2nccc(Cl)c2s1. The first-order valence-electron chi connectivity index (χ1n) is 4.32. The van der Waals surface area contributed by atoms with Gasteiger partial charge in [-0.15, -0.1) is 11.3 Å². The summed E-state index contributed by atoms with van der Waals surface area (Å²) in [6, 6.07) is 3.81. The van der Waals surface area contributed by atoms with Crippen LogP contribution in [0.1, 0.15) is 18.7 Å². The fourth-order valence-electron chi connectivity index (χ4n) is 1.22. The summed E-state index contributed by atoms with van der Waals surface area (Å²) in [7, 11) is 0. The van der Waals surface area contributed by atoms with Crippen molar-refractivity contribution in [3.8, 4) is 0 Å². The lowest BCUT2D eigenvalue weighted by molar-refractivity contribution is 0.567. The lowest BCUT2D eigenvalue weighted by Crippen LogP contribution is -2.27. The van der Waals surface area contributed by atoms with Crippen LogP contribution in [-0.4, -0.2) is 4.98 Å². The van der Waals surface area contributed by atoms with Crippen molar-refractivity contribution in [1.82, 2.24) is 4.98 Å². The second-order valence-corrected chi connectivity index (χ2v) is 5.30. The van der Waals surface area contributed by atoms with E-state index in [4.69, 9.17) is 17.3 Å². The van der Waals surface area contributed by atoms with Gasteiger partial charge in [0.05, 0.1) is 15.2 Å². The van der Waals surface area contributed by atoms with Crippen LogP contribution in [0, 0.1) is 0 Å². The van der Waals surface area contributed by atoms with E-state index in [9.17, 15) is 0 Å². The smallest absolute Gasteiger partial charge is 0.0828 e. The summed E-state index contributed by atoms with van der Waals surface area (Å²) < 4.78 is 1.02. The topological polar surface area (TPSA) is 38.9 Å². The molecule has 0 aliphatic rings.